The van der Waals surface area contributed by atoms with Gasteiger partial charge in [-0.2, -0.15) is 0 Å². The van der Waals surface area contributed by atoms with Gasteiger partial charge in [0.15, 0.2) is 12.3 Å². The van der Waals surface area contributed by atoms with Crippen LogP contribution >= 0.6 is 0 Å². The molecule has 2 heterocycles. The summed E-state index contributed by atoms with van der Waals surface area (Å²) in [6.07, 6.45) is -4.87. The Morgan fingerprint density at radius 3 is 2.65 bits per heavy atom. The van der Waals surface area contributed by atoms with Crippen LogP contribution in [0.5, 0.6) is 11.5 Å². The van der Waals surface area contributed by atoms with E-state index in [2.05, 4.69) is 10.1 Å². The highest BCUT2D eigenvalue weighted by Crippen LogP contribution is 2.45. The molecular formula is C24H17F3N2O5. The van der Waals surface area contributed by atoms with E-state index in [9.17, 15) is 27.9 Å². The predicted octanol–water partition coefficient (Wildman–Crippen LogP) is 3.77. The smallest absolute Gasteiger partial charge is 0.482 e. The normalized spacial score (nSPS) is 19.2. The maximum Gasteiger partial charge on any atom is 0.573 e. The van der Waals surface area contributed by atoms with Crippen LogP contribution in [0.4, 0.5) is 18.9 Å². The molecule has 2 amide bonds. The molecule has 7 nitrogen and oxygen atoms in total. The molecule has 0 saturated carbocycles. The maximum atomic E-state index is 13.3. The molecular weight excluding hydrogens is 453 g/mol. The second-order valence-electron chi connectivity index (χ2n) is 7.85. The van der Waals surface area contributed by atoms with Gasteiger partial charge in [-0.05, 0) is 35.9 Å². The SMILES string of the molecule is O=C1COc2ccc(C3(O)c4ccccc4C(=O)N3Cc3cccc(OC(F)(F)F)c3)cc2N1. The second-order valence-corrected chi connectivity index (χ2v) is 7.85. The summed E-state index contributed by atoms with van der Waals surface area (Å²) in [4.78, 5) is 26.2. The first kappa shape index (κ1) is 21.8. The van der Waals surface area contributed by atoms with Gasteiger partial charge in [0.1, 0.15) is 11.5 Å². The summed E-state index contributed by atoms with van der Waals surface area (Å²) in [5, 5.41) is 14.6. The highest BCUT2D eigenvalue weighted by molar-refractivity contribution is 6.00. The number of alkyl halides is 3. The van der Waals surface area contributed by atoms with E-state index in [0.717, 1.165) is 17.0 Å². The lowest BCUT2D eigenvalue weighted by atomic mass is 9.93. The molecule has 3 aromatic carbocycles. The Balaban J connectivity index is 1.57. The van der Waals surface area contributed by atoms with Crippen molar-refractivity contribution in [3.8, 4) is 11.5 Å². The minimum atomic E-state index is -4.87. The average molecular weight is 470 g/mol. The molecule has 34 heavy (non-hydrogen) atoms. The van der Waals surface area contributed by atoms with Gasteiger partial charge < -0.3 is 19.9 Å². The van der Waals surface area contributed by atoms with Gasteiger partial charge >= 0.3 is 6.36 Å². The van der Waals surface area contributed by atoms with Crippen LogP contribution in [0.15, 0.2) is 66.7 Å². The Labute approximate surface area is 191 Å². The summed E-state index contributed by atoms with van der Waals surface area (Å²) in [6.45, 7) is -0.348. The third-order valence-corrected chi connectivity index (χ3v) is 5.66. The molecule has 0 spiro atoms. The van der Waals surface area contributed by atoms with Crippen LogP contribution in [0, 0.1) is 0 Å². The zero-order chi connectivity index (χ0) is 24.1. The van der Waals surface area contributed by atoms with Gasteiger partial charge in [-0.1, -0.05) is 36.4 Å². The van der Waals surface area contributed by atoms with E-state index in [-0.39, 0.29) is 30.2 Å². The number of rotatable bonds is 4. The lowest BCUT2D eigenvalue weighted by molar-refractivity contribution is -0.274. The van der Waals surface area contributed by atoms with Gasteiger partial charge in [0, 0.05) is 23.2 Å². The lowest BCUT2D eigenvalue weighted by Crippen LogP contribution is -2.44. The minimum absolute atomic E-state index is 0.138. The fourth-order valence-corrected chi connectivity index (χ4v) is 4.23. The standard InChI is InChI=1S/C24H17F3N2O5/c25-24(26,27)34-16-5-3-4-14(10-16)12-29-22(31)17-6-1-2-7-18(17)23(29,32)15-8-9-20-19(11-15)28-21(30)13-33-20/h1-11,32H,12-13H2,(H,28,30). The molecule has 5 rings (SSSR count). The van der Waals surface area contributed by atoms with Crippen molar-refractivity contribution in [1.29, 1.82) is 0 Å². The van der Waals surface area contributed by atoms with Crippen LogP contribution in [0.25, 0.3) is 0 Å². The van der Waals surface area contributed by atoms with E-state index in [1.54, 1.807) is 36.4 Å². The summed E-state index contributed by atoms with van der Waals surface area (Å²) in [6, 6.07) is 16.3. The molecule has 2 N–H and O–H groups in total. The number of nitrogens with one attached hydrogen (secondary N) is 1. The third kappa shape index (κ3) is 3.71. The van der Waals surface area contributed by atoms with Crippen molar-refractivity contribution in [2.75, 3.05) is 11.9 Å². The van der Waals surface area contributed by atoms with Gasteiger partial charge in [0.25, 0.3) is 11.8 Å². The largest absolute Gasteiger partial charge is 0.573 e. The topological polar surface area (TPSA) is 88.1 Å². The van der Waals surface area contributed by atoms with E-state index in [4.69, 9.17) is 4.74 Å². The first-order valence-corrected chi connectivity index (χ1v) is 10.2. The van der Waals surface area contributed by atoms with Crippen molar-refractivity contribution in [3.63, 3.8) is 0 Å². The highest BCUT2D eigenvalue weighted by atomic mass is 19.4. The van der Waals surface area contributed by atoms with Crippen LogP contribution in [0.3, 0.4) is 0 Å². The zero-order valence-corrected chi connectivity index (χ0v) is 17.4. The molecule has 2 aliphatic rings. The lowest BCUT2D eigenvalue weighted by Gasteiger charge is -2.35. The number of ether oxygens (including phenoxy) is 2. The van der Waals surface area contributed by atoms with E-state index in [1.165, 1.54) is 18.2 Å². The third-order valence-electron chi connectivity index (χ3n) is 5.66. The second kappa shape index (κ2) is 7.77. The Bertz CT molecular complexity index is 1310. The highest BCUT2D eigenvalue weighted by Gasteiger charge is 2.50. The molecule has 0 saturated heterocycles. The van der Waals surface area contributed by atoms with E-state index in [1.807, 2.05) is 0 Å². The fourth-order valence-electron chi connectivity index (χ4n) is 4.23. The number of carbonyl (C=O) groups is 2. The molecule has 10 heteroatoms. The van der Waals surface area contributed by atoms with Gasteiger partial charge in [-0.15, -0.1) is 13.2 Å². The molecule has 2 aliphatic heterocycles. The molecule has 1 unspecified atom stereocenters. The van der Waals surface area contributed by atoms with Gasteiger partial charge in [-0.25, -0.2) is 0 Å². The zero-order valence-electron chi connectivity index (χ0n) is 17.4. The van der Waals surface area contributed by atoms with E-state index in [0.29, 0.717) is 22.6 Å². The molecule has 0 aromatic heterocycles. The number of hydrogen-bond acceptors (Lipinski definition) is 5. The molecule has 0 radical (unpaired) electrons. The monoisotopic (exact) mass is 470 g/mol. The number of fused-ring (bicyclic) bond motifs is 2. The van der Waals surface area contributed by atoms with Crippen LogP contribution in [0.1, 0.15) is 27.0 Å². The number of anilines is 1. The van der Waals surface area contributed by atoms with Crippen LogP contribution < -0.4 is 14.8 Å². The van der Waals surface area contributed by atoms with Crippen molar-refractivity contribution in [2.45, 2.75) is 18.6 Å². The molecule has 0 bridgehead atoms. The summed E-state index contributed by atoms with van der Waals surface area (Å²) in [5.41, 5.74) is -0.462. The van der Waals surface area contributed by atoms with Crippen LogP contribution in [-0.2, 0) is 17.1 Å². The molecule has 3 aromatic rings. The Kier molecular flexibility index (Phi) is 4.98. The number of amides is 2. The van der Waals surface area contributed by atoms with E-state index < -0.39 is 23.7 Å². The van der Waals surface area contributed by atoms with Crippen LogP contribution in [-0.4, -0.2) is 34.8 Å². The van der Waals surface area contributed by atoms with Gasteiger partial charge in [0.2, 0.25) is 0 Å². The van der Waals surface area contributed by atoms with Gasteiger partial charge in [0.05, 0.1) is 5.69 Å². The Hall–Kier alpha value is -4.05. The van der Waals surface area contributed by atoms with Crippen molar-refractivity contribution in [1.82, 2.24) is 4.90 Å². The number of halogens is 3. The fraction of sp³-hybridized carbons (Fsp3) is 0.167. The summed E-state index contributed by atoms with van der Waals surface area (Å²) in [7, 11) is 0. The maximum absolute atomic E-state index is 13.3. The number of aliphatic hydroxyl groups is 1. The number of carbonyl (C=O) groups excluding carboxylic acids is 2. The first-order valence-electron chi connectivity index (χ1n) is 10.2. The number of benzene rings is 3. The predicted molar refractivity (Wildman–Crippen MR) is 113 cm³/mol. The average Bonchev–Trinajstić information content (AvgIpc) is 3.01. The summed E-state index contributed by atoms with van der Waals surface area (Å²) >= 11 is 0. The van der Waals surface area contributed by atoms with Gasteiger partial charge in [-0.3, -0.25) is 14.5 Å². The van der Waals surface area contributed by atoms with E-state index >= 15 is 0 Å². The van der Waals surface area contributed by atoms with Crippen molar-refractivity contribution < 1.29 is 37.3 Å². The quantitative estimate of drug-likeness (QED) is 0.606. The molecule has 0 aliphatic carbocycles. The van der Waals surface area contributed by atoms with Crippen LogP contribution in [0.2, 0.25) is 0 Å². The van der Waals surface area contributed by atoms with Crippen molar-refractivity contribution >= 4 is 17.5 Å². The summed E-state index contributed by atoms with van der Waals surface area (Å²) < 4.78 is 47.3. The Morgan fingerprint density at radius 1 is 1.06 bits per heavy atom. The first-order chi connectivity index (χ1) is 16.1. The number of nitrogens with zero attached hydrogens (tertiary/aromatic N) is 1. The number of hydrogen-bond donors (Lipinski definition) is 2. The molecule has 0 fully saturated rings. The Morgan fingerprint density at radius 2 is 1.85 bits per heavy atom. The minimum Gasteiger partial charge on any atom is -0.482 e. The van der Waals surface area contributed by atoms with Crippen molar-refractivity contribution in [3.05, 3.63) is 89.0 Å². The summed E-state index contributed by atoms with van der Waals surface area (Å²) in [5.74, 6) is -0.893. The van der Waals surface area contributed by atoms with Crippen molar-refractivity contribution in [2.24, 2.45) is 0 Å². The molecule has 174 valence electrons. The molecule has 1 atom stereocenters.